The third kappa shape index (κ3) is 6.23. The minimum Gasteiger partial charge on any atom is -0.495 e. The number of nitrogens with zero attached hydrogens (tertiary/aromatic N) is 3. The fraction of sp³-hybridized carbons (Fsp3) is 0.233. The molecular formula is C30H29N5O4S. The first-order chi connectivity index (χ1) is 19.5. The molecule has 2 heterocycles. The number of ether oxygens (including phenoxy) is 1. The van der Waals surface area contributed by atoms with Crippen LogP contribution in [-0.2, 0) is 20.8 Å². The van der Waals surface area contributed by atoms with E-state index < -0.39 is 6.04 Å². The van der Waals surface area contributed by atoms with Crippen LogP contribution in [0.2, 0.25) is 0 Å². The average molecular weight is 556 g/mol. The molecule has 0 aromatic heterocycles. The molecular weight excluding hydrogens is 526 g/mol. The average Bonchev–Trinajstić information content (AvgIpc) is 3.32. The van der Waals surface area contributed by atoms with Crippen molar-refractivity contribution in [2.45, 2.75) is 25.3 Å². The van der Waals surface area contributed by atoms with E-state index in [2.05, 4.69) is 15.6 Å². The number of para-hydroxylation sites is 3. The van der Waals surface area contributed by atoms with Crippen molar-refractivity contribution in [2.75, 3.05) is 24.7 Å². The Kier molecular flexibility index (Phi) is 8.56. The number of rotatable bonds is 10. The Morgan fingerprint density at radius 3 is 2.55 bits per heavy atom. The molecule has 0 fully saturated rings. The van der Waals surface area contributed by atoms with Crippen molar-refractivity contribution < 1.29 is 19.1 Å². The Hall–Kier alpha value is -4.44. The largest absolute Gasteiger partial charge is 0.495 e. The third-order valence-corrected chi connectivity index (χ3v) is 7.42. The Morgan fingerprint density at radius 2 is 1.73 bits per heavy atom. The van der Waals surface area contributed by atoms with Crippen LogP contribution in [0.15, 0.2) is 88.8 Å². The zero-order valence-electron chi connectivity index (χ0n) is 22.0. The summed E-state index contributed by atoms with van der Waals surface area (Å²) >= 11 is 1.16. The van der Waals surface area contributed by atoms with Crippen LogP contribution >= 0.6 is 11.8 Å². The van der Waals surface area contributed by atoms with Gasteiger partial charge in [0.15, 0.2) is 5.17 Å². The molecule has 0 unspecified atom stereocenters. The molecule has 0 saturated carbocycles. The SMILES string of the molecule is COc1ccccc1NC(=O)CSC1=Nc2ccccc2C2=N[C@H](CCC(=O)NCCc3ccccc3)C(=O)N12. The molecule has 0 radical (unpaired) electrons. The van der Waals surface area contributed by atoms with Gasteiger partial charge in [0.2, 0.25) is 11.8 Å². The van der Waals surface area contributed by atoms with E-state index in [1.165, 1.54) is 4.90 Å². The zero-order valence-corrected chi connectivity index (χ0v) is 22.8. The van der Waals surface area contributed by atoms with Gasteiger partial charge in [-0.15, -0.1) is 0 Å². The van der Waals surface area contributed by atoms with Gasteiger partial charge in [0, 0.05) is 18.5 Å². The predicted octanol–water partition coefficient (Wildman–Crippen LogP) is 4.16. The topological polar surface area (TPSA) is 112 Å². The third-order valence-electron chi connectivity index (χ3n) is 6.48. The smallest absolute Gasteiger partial charge is 0.259 e. The molecule has 204 valence electrons. The van der Waals surface area contributed by atoms with Crippen molar-refractivity contribution in [3.05, 3.63) is 90.0 Å². The highest BCUT2D eigenvalue weighted by atomic mass is 32.2. The van der Waals surface area contributed by atoms with Gasteiger partial charge in [-0.3, -0.25) is 19.4 Å². The number of hydrogen-bond acceptors (Lipinski definition) is 7. The van der Waals surface area contributed by atoms with Gasteiger partial charge in [0.05, 0.1) is 24.2 Å². The first-order valence-electron chi connectivity index (χ1n) is 13.0. The fourth-order valence-corrected chi connectivity index (χ4v) is 5.30. The predicted molar refractivity (Wildman–Crippen MR) is 157 cm³/mol. The number of fused-ring (bicyclic) bond motifs is 3. The zero-order chi connectivity index (χ0) is 27.9. The van der Waals surface area contributed by atoms with Gasteiger partial charge in [-0.05, 0) is 42.7 Å². The molecule has 5 rings (SSSR count). The Labute approximate surface area is 236 Å². The number of methoxy groups -OCH3 is 1. The van der Waals surface area contributed by atoms with Crippen molar-refractivity contribution >= 4 is 51.9 Å². The maximum absolute atomic E-state index is 13.5. The molecule has 40 heavy (non-hydrogen) atoms. The number of thioether (sulfide) groups is 1. The molecule has 0 spiro atoms. The molecule has 3 amide bonds. The van der Waals surface area contributed by atoms with E-state index in [1.807, 2.05) is 66.7 Å². The summed E-state index contributed by atoms with van der Waals surface area (Å²) in [5.41, 5.74) is 3.13. The first kappa shape index (κ1) is 27.1. The van der Waals surface area contributed by atoms with Crippen LogP contribution in [0.1, 0.15) is 24.0 Å². The highest BCUT2D eigenvalue weighted by molar-refractivity contribution is 8.14. The molecule has 0 aliphatic carbocycles. The lowest BCUT2D eigenvalue weighted by molar-refractivity contribution is -0.125. The number of amides is 3. The van der Waals surface area contributed by atoms with Gasteiger partial charge in [0.1, 0.15) is 17.6 Å². The lowest BCUT2D eigenvalue weighted by Gasteiger charge is -2.25. The Bertz CT molecular complexity index is 1470. The lowest BCUT2D eigenvalue weighted by Crippen LogP contribution is -2.41. The molecule has 3 aromatic rings. The van der Waals surface area contributed by atoms with Gasteiger partial charge in [0.25, 0.3) is 5.91 Å². The van der Waals surface area contributed by atoms with Crippen molar-refractivity contribution in [1.82, 2.24) is 10.2 Å². The molecule has 2 N–H and O–H groups in total. The van der Waals surface area contributed by atoms with Crippen LogP contribution in [0.25, 0.3) is 0 Å². The van der Waals surface area contributed by atoms with Gasteiger partial charge >= 0.3 is 0 Å². The molecule has 2 aliphatic rings. The number of benzene rings is 3. The molecule has 10 heteroatoms. The second-order valence-corrected chi connectivity index (χ2v) is 10.2. The lowest BCUT2D eigenvalue weighted by atomic mass is 10.1. The Morgan fingerprint density at radius 1 is 0.975 bits per heavy atom. The summed E-state index contributed by atoms with van der Waals surface area (Å²) in [4.78, 5) is 49.5. The van der Waals surface area contributed by atoms with E-state index in [4.69, 9.17) is 9.73 Å². The maximum atomic E-state index is 13.5. The highest BCUT2D eigenvalue weighted by Crippen LogP contribution is 2.34. The van der Waals surface area contributed by atoms with Crippen molar-refractivity contribution in [1.29, 1.82) is 0 Å². The molecule has 0 bridgehead atoms. The van der Waals surface area contributed by atoms with Crippen LogP contribution < -0.4 is 15.4 Å². The molecule has 2 aliphatic heterocycles. The van der Waals surface area contributed by atoms with Gasteiger partial charge in [-0.1, -0.05) is 66.4 Å². The second kappa shape index (κ2) is 12.6. The van der Waals surface area contributed by atoms with E-state index in [-0.39, 0.29) is 36.3 Å². The number of carbonyl (C=O) groups is 3. The van der Waals surface area contributed by atoms with Crippen LogP contribution in [-0.4, -0.2) is 59.1 Å². The van der Waals surface area contributed by atoms with Crippen LogP contribution in [0.3, 0.4) is 0 Å². The van der Waals surface area contributed by atoms with Crippen LogP contribution in [0.5, 0.6) is 5.75 Å². The maximum Gasteiger partial charge on any atom is 0.259 e. The van der Waals surface area contributed by atoms with Gasteiger partial charge in [-0.2, -0.15) is 0 Å². The minimum absolute atomic E-state index is 0.0323. The van der Waals surface area contributed by atoms with Gasteiger partial charge < -0.3 is 15.4 Å². The van der Waals surface area contributed by atoms with E-state index >= 15 is 0 Å². The summed E-state index contributed by atoms with van der Waals surface area (Å²) in [6, 6.07) is 23.8. The minimum atomic E-state index is -0.700. The second-order valence-electron chi connectivity index (χ2n) is 9.22. The summed E-state index contributed by atoms with van der Waals surface area (Å²) < 4.78 is 5.30. The summed E-state index contributed by atoms with van der Waals surface area (Å²) in [7, 11) is 1.54. The molecule has 9 nitrogen and oxygen atoms in total. The standard InChI is InChI=1S/C30H29N5O4S/c1-39-25-14-8-7-13-23(25)32-27(37)19-40-30-34-22-12-6-5-11-21(22)28-33-24(29(38)35(28)30)15-16-26(36)31-18-17-20-9-3-2-4-10-20/h2-14,24H,15-19H2,1H3,(H,31,36)(H,32,37)/t24-/m1/s1. The monoisotopic (exact) mass is 555 g/mol. The van der Waals surface area contributed by atoms with E-state index in [0.717, 1.165) is 29.3 Å². The number of nitrogens with one attached hydrogen (secondary N) is 2. The fourth-order valence-electron chi connectivity index (χ4n) is 4.50. The quantitative estimate of drug-likeness (QED) is 0.390. The number of hydrogen-bond donors (Lipinski definition) is 2. The van der Waals surface area contributed by atoms with Crippen molar-refractivity contribution in [2.24, 2.45) is 9.98 Å². The number of amidine groups is 2. The summed E-state index contributed by atoms with van der Waals surface area (Å²) in [6.07, 6.45) is 1.20. The number of carbonyl (C=O) groups excluding carboxylic acids is 3. The van der Waals surface area contributed by atoms with Crippen LogP contribution in [0, 0.1) is 0 Å². The molecule has 3 aromatic carbocycles. The van der Waals surface area contributed by atoms with Crippen LogP contribution in [0.4, 0.5) is 11.4 Å². The van der Waals surface area contributed by atoms with E-state index in [9.17, 15) is 14.4 Å². The summed E-state index contributed by atoms with van der Waals surface area (Å²) in [5.74, 6) is 0.455. The number of aliphatic imine (C=N–C) groups is 2. The Balaban J connectivity index is 1.22. The van der Waals surface area contributed by atoms with E-state index in [1.54, 1.807) is 19.2 Å². The van der Waals surface area contributed by atoms with E-state index in [0.29, 0.717) is 34.7 Å². The molecule has 1 atom stereocenters. The molecule has 0 saturated heterocycles. The number of anilines is 1. The van der Waals surface area contributed by atoms with Crippen molar-refractivity contribution in [3.63, 3.8) is 0 Å². The highest BCUT2D eigenvalue weighted by Gasteiger charge is 2.41. The normalized spacial score (nSPS) is 15.5. The van der Waals surface area contributed by atoms with Gasteiger partial charge in [-0.25, -0.2) is 9.89 Å². The van der Waals surface area contributed by atoms with Crippen molar-refractivity contribution in [3.8, 4) is 5.75 Å². The first-order valence-corrected chi connectivity index (χ1v) is 14.0. The summed E-state index contributed by atoms with van der Waals surface area (Å²) in [6.45, 7) is 0.528. The summed E-state index contributed by atoms with van der Waals surface area (Å²) in [5, 5.41) is 6.15.